The van der Waals surface area contributed by atoms with Crippen LogP contribution in [0.3, 0.4) is 0 Å². The van der Waals surface area contributed by atoms with E-state index < -0.39 is 21.0 Å². The van der Waals surface area contributed by atoms with Crippen molar-refractivity contribution in [3.05, 3.63) is 0 Å². The highest BCUT2D eigenvalue weighted by Crippen LogP contribution is 2.28. The Kier molecular flexibility index (Phi) is 19.9. The number of hydrogen-bond donors (Lipinski definition) is 3. The second-order valence-corrected chi connectivity index (χ2v) is 10.4. The highest BCUT2D eigenvalue weighted by Gasteiger charge is 2.39. The summed E-state index contributed by atoms with van der Waals surface area (Å²) in [5, 5.41) is 9.68. The second-order valence-electron chi connectivity index (χ2n) is 8.85. The molecule has 0 rings (SSSR count). The molecule has 0 aromatic carbocycles. The predicted molar refractivity (Wildman–Crippen MR) is 125 cm³/mol. The minimum absolute atomic E-state index is 0. The molecule has 0 fully saturated rings. The van der Waals surface area contributed by atoms with Gasteiger partial charge in [0.1, 0.15) is 5.25 Å². The summed E-state index contributed by atoms with van der Waals surface area (Å²) >= 11 is 0. The molecule has 2 atom stereocenters. The van der Waals surface area contributed by atoms with E-state index in [0.717, 1.165) is 38.5 Å². The van der Waals surface area contributed by atoms with Crippen LogP contribution in [0.1, 0.15) is 136 Å². The molecule has 0 aromatic rings. The molecule has 0 bridgehead atoms. The van der Waals surface area contributed by atoms with Gasteiger partial charge in [0.2, 0.25) is 0 Å². The van der Waals surface area contributed by atoms with Gasteiger partial charge in [0, 0.05) is 0 Å². The maximum absolute atomic E-state index is 11.8. The monoisotopic (exact) mass is 437 g/mol. The van der Waals surface area contributed by atoms with Crippen molar-refractivity contribution in [1.82, 2.24) is 6.15 Å². The van der Waals surface area contributed by atoms with E-state index in [-0.39, 0.29) is 6.15 Å². The Balaban J connectivity index is 0. The molecule has 178 valence electrons. The molecule has 0 aliphatic rings. The first kappa shape index (κ1) is 31.0. The van der Waals surface area contributed by atoms with Crippen molar-refractivity contribution in [3.63, 3.8) is 0 Å². The van der Waals surface area contributed by atoms with Crippen molar-refractivity contribution in [2.24, 2.45) is 0 Å². The van der Waals surface area contributed by atoms with Gasteiger partial charge in [-0.25, -0.2) is 0 Å². The maximum atomic E-state index is 11.8. The van der Waals surface area contributed by atoms with E-state index in [1.165, 1.54) is 64.2 Å². The Bertz CT molecular complexity index is 452. The van der Waals surface area contributed by atoms with Gasteiger partial charge in [-0.15, -0.1) is 0 Å². The highest BCUT2D eigenvalue weighted by molar-refractivity contribution is 7.86. The van der Waals surface area contributed by atoms with E-state index in [9.17, 15) is 18.1 Å². The van der Waals surface area contributed by atoms with Gasteiger partial charge >= 0.3 is 0 Å². The van der Waals surface area contributed by atoms with E-state index in [1.54, 1.807) is 6.92 Å². The van der Waals surface area contributed by atoms with E-state index in [1.807, 2.05) is 0 Å². The van der Waals surface area contributed by atoms with Crippen molar-refractivity contribution in [1.29, 1.82) is 0 Å². The second kappa shape index (κ2) is 18.6. The molecular formula is C23H51NO4S. The topological polar surface area (TPSA) is 110 Å². The van der Waals surface area contributed by atoms with Crippen LogP contribution in [0.5, 0.6) is 0 Å². The predicted octanol–water partition coefficient (Wildman–Crippen LogP) is 7.22. The first-order valence-electron chi connectivity index (χ1n) is 11.9. The molecule has 6 heteroatoms. The first-order chi connectivity index (χ1) is 13.3. The SMILES string of the molecule is CCCCCCCCCCC(C(C)(O)CCCCCCCCCC)S(=O)(=O)O.N. The molecule has 0 aliphatic carbocycles. The molecular weight excluding hydrogens is 386 g/mol. The summed E-state index contributed by atoms with van der Waals surface area (Å²) in [6, 6.07) is 0. The standard InChI is InChI=1S/C23H48O4S.H3N/c1-4-6-8-10-12-14-16-18-20-22(28(25,26)27)23(3,24)21-19-17-15-13-11-9-7-5-2;/h22,24H,4-21H2,1-3H3,(H,25,26,27);1H3. The molecule has 5 nitrogen and oxygen atoms in total. The minimum Gasteiger partial charge on any atom is -0.389 e. The summed E-state index contributed by atoms with van der Waals surface area (Å²) in [4.78, 5) is 0. The molecule has 0 radical (unpaired) electrons. The van der Waals surface area contributed by atoms with Gasteiger partial charge in [-0.1, -0.05) is 117 Å². The van der Waals surface area contributed by atoms with Crippen molar-refractivity contribution >= 4 is 10.1 Å². The summed E-state index contributed by atoms with van der Waals surface area (Å²) in [6.07, 6.45) is 19.1. The third-order valence-corrected chi connectivity index (χ3v) is 7.37. The fraction of sp³-hybridized carbons (Fsp3) is 1.00. The van der Waals surface area contributed by atoms with Crippen LogP contribution >= 0.6 is 0 Å². The average molecular weight is 438 g/mol. The molecule has 0 aromatic heterocycles. The average Bonchev–Trinajstić information content (AvgIpc) is 2.61. The largest absolute Gasteiger partial charge is 0.389 e. The van der Waals surface area contributed by atoms with E-state index in [2.05, 4.69) is 13.8 Å². The Hall–Kier alpha value is -0.170. The van der Waals surface area contributed by atoms with Gasteiger partial charge in [-0.3, -0.25) is 4.55 Å². The quantitative estimate of drug-likeness (QED) is 0.137. The third kappa shape index (κ3) is 17.2. The van der Waals surface area contributed by atoms with Gasteiger partial charge in [0.05, 0.1) is 5.60 Å². The van der Waals surface area contributed by atoms with Gasteiger partial charge < -0.3 is 11.3 Å². The highest BCUT2D eigenvalue weighted by atomic mass is 32.2. The first-order valence-corrected chi connectivity index (χ1v) is 13.4. The number of hydrogen-bond acceptors (Lipinski definition) is 4. The van der Waals surface area contributed by atoms with Crippen molar-refractivity contribution < 1.29 is 18.1 Å². The zero-order valence-corrected chi connectivity index (χ0v) is 20.4. The summed E-state index contributed by atoms with van der Waals surface area (Å²) in [5.74, 6) is 0. The Labute approximate surface area is 181 Å². The fourth-order valence-electron chi connectivity index (χ4n) is 4.02. The van der Waals surface area contributed by atoms with Crippen LogP contribution in [0.4, 0.5) is 0 Å². The van der Waals surface area contributed by atoms with Crippen molar-refractivity contribution in [2.75, 3.05) is 0 Å². The van der Waals surface area contributed by atoms with Crippen LogP contribution in [0, 0.1) is 0 Å². The molecule has 0 spiro atoms. The zero-order valence-electron chi connectivity index (χ0n) is 19.6. The smallest absolute Gasteiger partial charge is 0.270 e. The third-order valence-electron chi connectivity index (χ3n) is 5.91. The molecule has 0 saturated carbocycles. The zero-order chi connectivity index (χ0) is 21.3. The van der Waals surface area contributed by atoms with Gasteiger partial charge in [-0.05, 0) is 19.8 Å². The molecule has 2 unspecified atom stereocenters. The van der Waals surface area contributed by atoms with Gasteiger partial charge in [0.25, 0.3) is 10.1 Å². The van der Waals surface area contributed by atoms with Crippen molar-refractivity contribution in [2.45, 2.75) is 147 Å². The fourth-order valence-corrected chi connectivity index (χ4v) is 5.25. The van der Waals surface area contributed by atoms with Crippen LogP contribution in [-0.4, -0.2) is 28.9 Å². The van der Waals surface area contributed by atoms with Crippen LogP contribution in [-0.2, 0) is 10.1 Å². The van der Waals surface area contributed by atoms with Gasteiger partial charge in [0.15, 0.2) is 0 Å². The molecule has 29 heavy (non-hydrogen) atoms. The van der Waals surface area contributed by atoms with Crippen LogP contribution < -0.4 is 6.15 Å². The van der Waals surface area contributed by atoms with E-state index >= 15 is 0 Å². The summed E-state index contributed by atoms with van der Waals surface area (Å²) in [6.45, 7) is 5.99. The van der Waals surface area contributed by atoms with Crippen molar-refractivity contribution in [3.8, 4) is 0 Å². The Morgan fingerprint density at radius 3 is 1.41 bits per heavy atom. The molecule has 0 aliphatic heterocycles. The molecule has 0 saturated heterocycles. The summed E-state index contributed by atoms with van der Waals surface area (Å²) < 4.78 is 33.3. The molecule has 0 amide bonds. The number of unbranched alkanes of at least 4 members (excludes halogenated alkanes) is 14. The van der Waals surface area contributed by atoms with Gasteiger partial charge in [-0.2, -0.15) is 8.42 Å². The maximum Gasteiger partial charge on any atom is 0.270 e. The lowest BCUT2D eigenvalue weighted by Crippen LogP contribution is -2.44. The summed E-state index contributed by atoms with van der Waals surface area (Å²) in [7, 11) is -4.23. The van der Waals surface area contributed by atoms with Crippen LogP contribution in [0.15, 0.2) is 0 Å². The number of aliphatic hydroxyl groups is 1. The van der Waals surface area contributed by atoms with E-state index in [0.29, 0.717) is 12.8 Å². The lowest BCUT2D eigenvalue weighted by molar-refractivity contribution is 0.0380. The Morgan fingerprint density at radius 2 is 1.03 bits per heavy atom. The minimum atomic E-state index is -4.23. The normalized spacial score (nSPS) is 14.9. The summed E-state index contributed by atoms with van der Waals surface area (Å²) in [5.41, 5.74) is -1.35. The molecule has 0 heterocycles. The van der Waals surface area contributed by atoms with Crippen LogP contribution in [0.25, 0.3) is 0 Å². The lowest BCUT2D eigenvalue weighted by atomic mass is 9.91. The molecule has 5 N–H and O–H groups in total. The lowest BCUT2D eigenvalue weighted by Gasteiger charge is -2.31. The van der Waals surface area contributed by atoms with Crippen LogP contribution in [0.2, 0.25) is 0 Å². The number of rotatable bonds is 20. The van der Waals surface area contributed by atoms with E-state index in [4.69, 9.17) is 0 Å². The Morgan fingerprint density at radius 1 is 0.690 bits per heavy atom.